The van der Waals surface area contributed by atoms with Crippen molar-refractivity contribution in [2.24, 2.45) is 17.3 Å². The highest BCUT2D eigenvalue weighted by molar-refractivity contribution is 5.22. The number of hydrogen-bond donors (Lipinski definition) is 3. The van der Waals surface area contributed by atoms with Crippen molar-refractivity contribution in [2.45, 2.75) is 51.4 Å². The van der Waals surface area contributed by atoms with Gasteiger partial charge in [0.2, 0.25) is 0 Å². The average molecular weight is 252 g/mol. The predicted molar refractivity (Wildman–Crippen MR) is 70.9 cm³/mol. The van der Waals surface area contributed by atoms with E-state index in [4.69, 9.17) is 0 Å². The highest BCUT2D eigenvalue weighted by atomic mass is 16.3. The molecule has 0 aromatic carbocycles. The molecule has 0 saturated heterocycles. The Morgan fingerprint density at radius 3 is 2.50 bits per heavy atom. The second kappa shape index (κ2) is 4.48. The number of aliphatic hydroxyl groups excluding tert-OH is 3. The number of aliphatic hydroxyl groups is 3. The van der Waals surface area contributed by atoms with Crippen molar-refractivity contribution in [3.63, 3.8) is 0 Å². The number of rotatable bonds is 1. The van der Waals surface area contributed by atoms with E-state index in [1.807, 2.05) is 13.8 Å². The van der Waals surface area contributed by atoms with Crippen LogP contribution in [0, 0.1) is 17.3 Å². The van der Waals surface area contributed by atoms with E-state index in [-0.39, 0.29) is 11.8 Å². The molecule has 0 aliphatic heterocycles. The Morgan fingerprint density at radius 2 is 1.94 bits per heavy atom. The molecule has 0 heterocycles. The molecule has 0 radical (unpaired) electrons. The van der Waals surface area contributed by atoms with Gasteiger partial charge in [-0.05, 0) is 26.2 Å². The van der Waals surface area contributed by atoms with E-state index < -0.39 is 23.7 Å². The summed E-state index contributed by atoms with van der Waals surface area (Å²) >= 11 is 0. The summed E-state index contributed by atoms with van der Waals surface area (Å²) in [6, 6.07) is 0. The van der Waals surface area contributed by atoms with Crippen molar-refractivity contribution in [3.05, 3.63) is 24.3 Å². The molecule has 2 aliphatic carbocycles. The monoisotopic (exact) mass is 252 g/mol. The van der Waals surface area contributed by atoms with E-state index in [1.54, 1.807) is 0 Å². The Labute approximate surface area is 109 Å². The smallest absolute Gasteiger partial charge is 0.0862 e. The van der Waals surface area contributed by atoms with Gasteiger partial charge in [0.25, 0.3) is 0 Å². The van der Waals surface area contributed by atoms with Crippen molar-refractivity contribution >= 4 is 0 Å². The van der Waals surface area contributed by atoms with Crippen molar-refractivity contribution in [3.8, 4) is 0 Å². The van der Waals surface area contributed by atoms with Gasteiger partial charge in [-0.25, -0.2) is 0 Å². The zero-order valence-electron chi connectivity index (χ0n) is 11.3. The maximum absolute atomic E-state index is 10.6. The molecule has 6 atom stereocenters. The summed E-state index contributed by atoms with van der Waals surface area (Å²) in [4.78, 5) is 0. The molecule has 2 rings (SSSR count). The fraction of sp³-hybridized carbons (Fsp3) is 0.733. The van der Waals surface area contributed by atoms with Crippen LogP contribution in [-0.2, 0) is 0 Å². The predicted octanol–water partition coefficient (Wildman–Crippen LogP) is 1.64. The molecule has 0 spiro atoms. The van der Waals surface area contributed by atoms with Gasteiger partial charge in [-0.3, -0.25) is 0 Å². The molecule has 3 nitrogen and oxygen atoms in total. The molecule has 0 aromatic rings. The van der Waals surface area contributed by atoms with Crippen LogP contribution >= 0.6 is 0 Å². The number of fused-ring (bicyclic) bond motifs is 1. The third kappa shape index (κ3) is 1.85. The van der Waals surface area contributed by atoms with Gasteiger partial charge in [-0.1, -0.05) is 31.2 Å². The Morgan fingerprint density at radius 1 is 1.33 bits per heavy atom. The van der Waals surface area contributed by atoms with Gasteiger partial charge < -0.3 is 15.3 Å². The first-order chi connectivity index (χ1) is 8.29. The van der Waals surface area contributed by atoms with Crippen LogP contribution in [0.1, 0.15) is 33.1 Å². The summed E-state index contributed by atoms with van der Waals surface area (Å²) in [5.41, 5.74) is 1.37. The Kier molecular flexibility index (Phi) is 3.43. The molecule has 0 aromatic heterocycles. The standard InChI is InChI=1S/C15H24O3/c1-8(2)10-5-6-15(4)12(13(10)17)9(3)7-11(16)14(15)18/h10-14,16-18H,1,3,5-7H2,2,4H3/t10-,11-,12+,13+,14+,15+/m0/s1. The van der Waals surface area contributed by atoms with Gasteiger partial charge in [0.15, 0.2) is 0 Å². The van der Waals surface area contributed by atoms with Crippen LogP contribution < -0.4 is 0 Å². The largest absolute Gasteiger partial charge is 0.392 e. The van der Waals surface area contributed by atoms with Crippen LogP contribution in [0.4, 0.5) is 0 Å². The van der Waals surface area contributed by atoms with Gasteiger partial charge in [-0.15, -0.1) is 0 Å². The molecule has 2 fully saturated rings. The third-order valence-electron chi connectivity index (χ3n) is 5.04. The molecule has 3 N–H and O–H groups in total. The molecular formula is C15H24O3. The van der Waals surface area contributed by atoms with E-state index in [9.17, 15) is 15.3 Å². The average Bonchev–Trinajstić information content (AvgIpc) is 2.25. The highest BCUT2D eigenvalue weighted by Crippen LogP contribution is 2.54. The zero-order valence-corrected chi connectivity index (χ0v) is 11.3. The van der Waals surface area contributed by atoms with Crippen molar-refractivity contribution < 1.29 is 15.3 Å². The lowest BCUT2D eigenvalue weighted by Crippen LogP contribution is -2.58. The summed E-state index contributed by atoms with van der Waals surface area (Å²) in [5, 5.41) is 30.7. The van der Waals surface area contributed by atoms with Crippen molar-refractivity contribution in [1.29, 1.82) is 0 Å². The summed E-state index contributed by atoms with van der Waals surface area (Å²) < 4.78 is 0. The Bertz CT molecular complexity index is 376. The molecule has 102 valence electrons. The van der Waals surface area contributed by atoms with Gasteiger partial charge >= 0.3 is 0 Å². The fourth-order valence-electron chi connectivity index (χ4n) is 3.94. The lowest BCUT2D eigenvalue weighted by molar-refractivity contribution is -0.148. The van der Waals surface area contributed by atoms with Crippen LogP contribution in [-0.4, -0.2) is 33.6 Å². The minimum absolute atomic E-state index is 0.0715. The lowest BCUT2D eigenvalue weighted by Gasteiger charge is -2.55. The fourth-order valence-corrected chi connectivity index (χ4v) is 3.94. The first-order valence-corrected chi connectivity index (χ1v) is 6.66. The third-order valence-corrected chi connectivity index (χ3v) is 5.04. The minimum atomic E-state index is -0.784. The van der Waals surface area contributed by atoms with E-state index in [0.717, 1.165) is 24.0 Å². The summed E-state index contributed by atoms with van der Waals surface area (Å²) in [6.45, 7) is 11.8. The van der Waals surface area contributed by atoms with Crippen LogP contribution in [0.2, 0.25) is 0 Å². The van der Waals surface area contributed by atoms with Gasteiger partial charge in [0.05, 0.1) is 18.3 Å². The first kappa shape index (κ1) is 13.8. The quantitative estimate of drug-likeness (QED) is 0.622. The maximum atomic E-state index is 10.6. The Hall–Kier alpha value is -0.640. The first-order valence-electron chi connectivity index (χ1n) is 6.66. The van der Waals surface area contributed by atoms with Gasteiger partial charge in [0, 0.05) is 17.3 Å². The van der Waals surface area contributed by atoms with E-state index in [1.165, 1.54) is 0 Å². The molecule has 18 heavy (non-hydrogen) atoms. The maximum Gasteiger partial charge on any atom is 0.0862 e. The molecule has 3 heteroatoms. The molecule has 2 saturated carbocycles. The van der Waals surface area contributed by atoms with Crippen LogP contribution in [0.25, 0.3) is 0 Å². The van der Waals surface area contributed by atoms with E-state index >= 15 is 0 Å². The molecular weight excluding hydrogens is 228 g/mol. The van der Waals surface area contributed by atoms with Gasteiger partial charge in [-0.2, -0.15) is 0 Å². The molecule has 0 amide bonds. The number of hydrogen-bond acceptors (Lipinski definition) is 3. The second-order valence-corrected chi connectivity index (χ2v) is 6.34. The summed E-state index contributed by atoms with van der Waals surface area (Å²) in [5.74, 6) is -0.0754. The normalized spacial score (nSPS) is 48.7. The molecule has 2 aliphatic rings. The summed E-state index contributed by atoms with van der Waals surface area (Å²) in [6.07, 6.45) is -0.122. The second-order valence-electron chi connectivity index (χ2n) is 6.34. The van der Waals surface area contributed by atoms with Crippen LogP contribution in [0.3, 0.4) is 0 Å². The lowest BCUT2D eigenvalue weighted by atomic mass is 9.53. The minimum Gasteiger partial charge on any atom is -0.392 e. The van der Waals surface area contributed by atoms with Crippen molar-refractivity contribution in [2.75, 3.05) is 0 Å². The van der Waals surface area contributed by atoms with E-state index in [2.05, 4.69) is 13.2 Å². The van der Waals surface area contributed by atoms with Crippen LogP contribution in [0.15, 0.2) is 24.3 Å². The van der Waals surface area contributed by atoms with Gasteiger partial charge in [0.1, 0.15) is 0 Å². The Balaban J connectivity index is 2.35. The summed E-state index contributed by atoms with van der Waals surface area (Å²) in [7, 11) is 0. The van der Waals surface area contributed by atoms with E-state index in [0.29, 0.717) is 6.42 Å². The van der Waals surface area contributed by atoms with Crippen molar-refractivity contribution in [1.82, 2.24) is 0 Å². The molecule has 0 bridgehead atoms. The topological polar surface area (TPSA) is 60.7 Å². The molecule has 0 unspecified atom stereocenters. The highest BCUT2D eigenvalue weighted by Gasteiger charge is 2.55. The SMILES string of the molecule is C=C1C[C@H](O)[C@@H](O)[C@]2(C)CC[C@@H](C(=C)C)[C@@H](O)[C@@H]12. The zero-order chi connectivity index (χ0) is 13.7. The van der Waals surface area contributed by atoms with Crippen LogP contribution in [0.5, 0.6) is 0 Å².